The highest BCUT2D eigenvalue weighted by Gasteiger charge is 2.32. The van der Waals surface area contributed by atoms with Crippen molar-refractivity contribution in [2.75, 3.05) is 0 Å². The molecule has 0 aliphatic heterocycles. The van der Waals surface area contributed by atoms with Gasteiger partial charge in [-0.05, 0) is 54.5 Å². The van der Waals surface area contributed by atoms with Crippen molar-refractivity contribution >= 4 is 23.4 Å². The highest BCUT2D eigenvalue weighted by molar-refractivity contribution is 6.31. The molecule has 0 radical (unpaired) electrons. The molecule has 1 saturated carbocycles. The van der Waals surface area contributed by atoms with E-state index < -0.39 is 6.04 Å². The summed E-state index contributed by atoms with van der Waals surface area (Å²) in [5.74, 6) is -0.105. The lowest BCUT2D eigenvalue weighted by atomic mass is 10.00. The van der Waals surface area contributed by atoms with Gasteiger partial charge in [-0.15, -0.1) is 0 Å². The summed E-state index contributed by atoms with van der Waals surface area (Å²) in [6, 6.07) is 25.3. The summed E-state index contributed by atoms with van der Waals surface area (Å²) in [6.07, 6.45) is 5.58. The van der Waals surface area contributed by atoms with Crippen molar-refractivity contribution in [1.82, 2.24) is 10.2 Å². The van der Waals surface area contributed by atoms with E-state index in [2.05, 4.69) is 5.32 Å². The Morgan fingerprint density at radius 3 is 2.25 bits per heavy atom. The molecule has 4 nitrogen and oxygen atoms in total. The Hall–Kier alpha value is -3.11. The molecule has 0 bridgehead atoms. The van der Waals surface area contributed by atoms with E-state index in [1.165, 1.54) is 0 Å². The standard InChI is InChI=1S/C31H35ClN2O2/c1-23-11-5-6-15-26(23)22-34(30(35)20-19-25-14-7-10-18-28(25)32)29(21-24-12-3-2-4-13-24)31(36)33-27-16-8-9-17-27/h2-7,10-15,18,27,29H,8-9,16-17,19-22H2,1H3,(H,33,36)/t29-/m0/s1. The van der Waals surface area contributed by atoms with Gasteiger partial charge < -0.3 is 10.2 Å². The average Bonchev–Trinajstić information content (AvgIpc) is 3.40. The number of amides is 2. The Balaban J connectivity index is 1.63. The number of aryl methyl sites for hydroxylation is 2. The minimum absolute atomic E-state index is 0.0410. The van der Waals surface area contributed by atoms with Gasteiger partial charge in [0.25, 0.3) is 0 Å². The zero-order chi connectivity index (χ0) is 25.3. The van der Waals surface area contributed by atoms with Gasteiger partial charge in [-0.25, -0.2) is 0 Å². The maximum Gasteiger partial charge on any atom is 0.243 e. The molecule has 3 aromatic carbocycles. The van der Waals surface area contributed by atoms with Crippen molar-refractivity contribution in [3.8, 4) is 0 Å². The van der Waals surface area contributed by atoms with Gasteiger partial charge in [0.15, 0.2) is 0 Å². The SMILES string of the molecule is Cc1ccccc1CN(C(=O)CCc1ccccc1Cl)[C@@H](Cc1ccccc1)C(=O)NC1CCCC1. The van der Waals surface area contributed by atoms with Crippen molar-refractivity contribution in [2.45, 2.75) is 70.5 Å². The number of carbonyl (C=O) groups is 2. The number of benzene rings is 3. The Morgan fingerprint density at radius 1 is 0.917 bits per heavy atom. The normalized spacial score (nSPS) is 14.4. The summed E-state index contributed by atoms with van der Waals surface area (Å²) in [4.78, 5) is 29.3. The fraction of sp³-hybridized carbons (Fsp3) is 0.355. The van der Waals surface area contributed by atoms with Crippen molar-refractivity contribution in [2.24, 2.45) is 0 Å². The van der Waals surface area contributed by atoms with Crippen LogP contribution in [0.25, 0.3) is 0 Å². The predicted molar refractivity (Wildman–Crippen MR) is 146 cm³/mol. The average molecular weight is 503 g/mol. The minimum Gasteiger partial charge on any atom is -0.352 e. The predicted octanol–water partition coefficient (Wildman–Crippen LogP) is 6.28. The highest BCUT2D eigenvalue weighted by Crippen LogP contribution is 2.22. The summed E-state index contributed by atoms with van der Waals surface area (Å²) in [5.41, 5.74) is 4.14. The fourth-order valence-electron chi connectivity index (χ4n) is 4.98. The molecule has 1 atom stereocenters. The van der Waals surface area contributed by atoms with Gasteiger partial charge in [-0.2, -0.15) is 0 Å². The number of hydrogen-bond donors (Lipinski definition) is 1. The highest BCUT2D eigenvalue weighted by atomic mass is 35.5. The molecule has 1 aliphatic carbocycles. The molecule has 5 heteroatoms. The molecule has 1 aliphatic rings. The fourth-order valence-corrected chi connectivity index (χ4v) is 5.21. The smallest absolute Gasteiger partial charge is 0.243 e. The van der Waals surface area contributed by atoms with Gasteiger partial charge in [0, 0.05) is 30.5 Å². The summed E-state index contributed by atoms with van der Waals surface area (Å²) in [7, 11) is 0. The molecular formula is C31H35ClN2O2. The lowest BCUT2D eigenvalue weighted by molar-refractivity contribution is -0.141. The minimum atomic E-state index is -0.591. The largest absolute Gasteiger partial charge is 0.352 e. The van der Waals surface area contributed by atoms with Crippen LogP contribution in [0.3, 0.4) is 0 Å². The van der Waals surface area contributed by atoms with Crippen molar-refractivity contribution in [3.63, 3.8) is 0 Å². The van der Waals surface area contributed by atoms with E-state index in [1.807, 2.05) is 85.8 Å². The van der Waals surface area contributed by atoms with Crippen LogP contribution in [0.4, 0.5) is 0 Å². The maximum atomic E-state index is 13.8. The van der Waals surface area contributed by atoms with Gasteiger partial charge in [-0.3, -0.25) is 9.59 Å². The Morgan fingerprint density at radius 2 is 1.56 bits per heavy atom. The van der Waals surface area contributed by atoms with E-state index >= 15 is 0 Å². The van der Waals surface area contributed by atoms with E-state index in [0.717, 1.165) is 47.9 Å². The Labute approximate surface area is 219 Å². The number of nitrogens with one attached hydrogen (secondary N) is 1. The van der Waals surface area contributed by atoms with Crippen LogP contribution in [0, 0.1) is 6.92 Å². The van der Waals surface area contributed by atoms with Crippen LogP contribution < -0.4 is 5.32 Å². The molecule has 0 heterocycles. The lowest BCUT2D eigenvalue weighted by Gasteiger charge is -2.33. The quantitative estimate of drug-likeness (QED) is 0.354. The van der Waals surface area contributed by atoms with E-state index in [1.54, 1.807) is 4.90 Å². The first-order chi connectivity index (χ1) is 17.5. The van der Waals surface area contributed by atoms with Crippen LogP contribution in [-0.2, 0) is 29.0 Å². The Kier molecular flexibility index (Phi) is 9.18. The van der Waals surface area contributed by atoms with Crippen molar-refractivity contribution < 1.29 is 9.59 Å². The van der Waals surface area contributed by atoms with Crippen LogP contribution in [-0.4, -0.2) is 28.8 Å². The molecule has 0 unspecified atom stereocenters. The third-order valence-electron chi connectivity index (χ3n) is 7.14. The zero-order valence-electron chi connectivity index (χ0n) is 21.0. The maximum absolute atomic E-state index is 13.8. The first kappa shape index (κ1) is 26.0. The number of halogens is 1. The molecule has 0 spiro atoms. The van der Waals surface area contributed by atoms with E-state index in [0.29, 0.717) is 24.4 Å². The second kappa shape index (κ2) is 12.7. The monoisotopic (exact) mass is 502 g/mol. The number of nitrogens with zero attached hydrogens (tertiary/aromatic N) is 1. The summed E-state index contributed by atoms with van der Waals surface area (Å²) < 4.78 is 0. The summed E-state index contributed by atoms with van der Waals surface area (Å²) in [5, 5.41) is 3.93. The first-order valence-corrected chi connectivity index (χ1v) is 13.3. The lowest BCUT2D eigenvalue weighted by Crippen LogP contribution is -2.52. The second-order valence-electron chi connectivity index (χ2n) is 9.74. The van der Waals surface area contributed by atoms with Crippen LogP contribution in [0.15, 0.2) is 78.9 Å². The molecule has 0 aromatic heterocycles. The molecule has 36 heavy (non-hydrogen) atoms. The third-order valence-corrected chi connectivity index (χ3v) is 7.51. The molecule has 0 saturated heterocycles. The second-order valence-corrected chi connectivity index (χ2v) is 10.1. The zero-order valence-corrected chi connectivity index (χ0v) is 21.7. The number of rotatable bonds is 10. The molecular weight excluding hydrogens is 468 g/mol. The topological polar surface area (TPSA) is 49.4 Å². The molecule has 4 rings (SSSR count). The van der Waals surface area contributed by atoms with Gasteiger partial charge in [-0.1, -0.05) is 97.2 Å². The van der Waals surface area contributed by atoms with Gasteiger partial charge in [0.2, 0.25) is 11.8 Å². The summed E-state index contributed by atoms with van der Waals surface area (Å²) in [6.45, 7) is 2.44. The molecule has 1 N–H and O–H groups in total. The van der Waals surface area contributed by atoms with Crippen LogP contribution >= 0.6 is 11.6 Å². The number of hydrogen-bond acceptors (Lipinski definition) is 2. The van der Waals surface area contributed by atoms with E-state index in [9.17, 15) is 9.59 Å². The van der Waals surface area contributed by atoms with Gasteiger partial charge in [0.05, 0.1) is 0 Å². The van der Waals surface area contributed by atoms with E-state index in [4.69, 9.17) is 11.6 Å². The van der Waals surface area contributed by atoms with Gasteiger partial charge in [0.1, 0.15) is 6.04 Å². The van der Waals surface area contributed by atoms with Crippen molar-refractivity contribution in [1.29, 1.82) is 0 Å². The van der Waals surface area contributed by atoms with Crippen LogP contribution in [0.2, 0.25) is 5.02 Å². The van der Waals surface area contributed by atoms with Gasteiger partial charge >= 0.3 is 0 Å². The number of carbonyl (C=O) groups excluding carboxylic acids is 2. The molecule has 2 amide bonds. The molecule has 188 valence electrons. The van der Waals surface area contributed by atoms with Crippen LogP contribution in [0.5, 0.6) is 0 Å². The van der Waals surface area contributed by atoms with Crippen LogP contribution in [0.1, 0.15) is 54.4 Å². The molecule has 3 aromatic rings. The summed E-state index contributed by atoms with van der Waals surface area (Å²) >= 11 is 6.36. The molecule has 1 fully saturated rings. The Bertz CT molecular complexity index is 1160. The van der Waals surface area contributed by atoms with Crippen molar-refractivity contribution in [3.05, 3.63) is 106 Å². The van der Waals surface area contributed by atoms with E-state index in [-0.39, 0.29) is 24.3 Å². The third kappa shape index (κ3) is 6.98. The first-order valence-electron chi connectivity index (χ1n) is 12.9.